The second-order valence-electron chi connectivity index (χ2n) is 8.17. The van der Waals surface area contributed by atoms with Crippen molar-refractivity contribution in [2.45, 2.75) is 63.8 Å². The first-order chi connectivity index (χ1) is 13.1. The molecule has 3 aliphatic rings. The maximum absolute atomic E-state index is 13.1. The van der Waals surface area contributed by atoms with E-state index in [1.165, 1.54) is 17.7 Å². The monoisotopic (exact) mass is 387 g/mol. The lowest BCUT2D eigenvalue weighted by Crippen LogP contribution is -2.47. The Balaban J connectivity index is 1.30. The zero-order valence-electron chi connectivity index (χ0n) is 16.1. The van der Waals surface area contributed by atoms with Crippen molar-refractivity contribution in [1.82, 2.24) is 10.2 Å². The van der Waals surface area contributed by atoms with Crippen molar-refractivity contribution in [3.63, 3.8) is 0 Å². The molecule has 1 aliphatic heterocycles. The van der Waals surface area contributed by atoms with Crippen LogP contribution in [0.2, 0.25) is 0 Å². The lowest BCUT2D eigenvalue weighted by molar-refractivity contribution is -0.135. The maximum atomic E-state index is 13.1. The second-order valence-corrected chi connectivity index (χ2v) is 9.20. The van der Waals surface area contributed by atoms with Gasteiger partial charge in [-0.05, 0) is 62.3 Å². The van der Waals surface area contributed by atoms with Gasteiger partial charge in [-0.3, -0.25) is 19.5 Å². The molecule has 1 N–H and O–H groups in total. The zero-order chi connectivity index (χ0) is 18.9. The van der Waals surface area contributed by atoms with Crippen molar-refractivity contribution in [3.8, 4) is 0 Å². The molecule has 1 aromatic heterocycles. The number of amidine groups is 1. The first-order valence-corrected chi connectivity index (χ1v) is 11.2. The maximum Gasteiger partial charge on any atom is 0.255 e. The molecule has 0 atom stereocenters. The van der Waals surface area contributed by atoms with Crippen molar-refractivity contribution < 1.29 is 9.59 Å². The molecule has 27 heavy (non-hydrogen) atoms. The minimum Gasteiger partial charge on any atom is -0.356 e. The Kier molecular flexibility index (Phi) is 5.35. The van der Waals surface area contributed by atoms with Crippen LogP contribution in [-0.2, 0) is 16.0 Å². The van der Waals surface area contributed by atoms with Crippen LogP contribution >= 0.6 is 11.3 Å². The summed E-state index contributed by atoms with van der Waals surface area (Å²) in [5.41, 5.74) is -0.575. The molecule has 2 aliphatic carbocycles. The molecule has 0 saturated heterocycles. The number of carbonyl (C=O) groups excluding carboxylic acids is 2. The topological polar surface area (TPSA) is 61.8 Å². The SMILES string of the molecule is CCC1=NC2(CCC(C(=O)NCCc3cccs3)CC2)C(=O)N1CC1CC1. The molecule has 0 radical (unpaired) electrons. The third-order valence-corrected chi connectivity index (χ3v) is 7.12. The van der Waals surface area contributed by atoms with E-state index in [1.54, 1.807) is 11.3 Å². The van der Waals surface area contributed by atoms with Crippen LogP contribution in [0.25, 0.3) is 0 Å². The molecule has 1 aromatic rings. The van der Waals surface area contributed by atoms with Gasteiger partial charge in [0.15, 0.2) is 0 Å². The number of thiophene rings is 1. The third-order valence-electron chi connectivity index (χ3n) is 6.19. The van der Waals surface area contributed by atoms with Crippen LogP contribution in [0.4, 0.5) is 0 Å². The first kappa shape index (κ1) is 18.7. The average Bonchev–Trinajstić information content (AvgIpc) is 3.29. The molecule has 0 bridgehead atoms. The Morgan fingerprint density at radius 3 is 2.74 bits per heavy atom. The highest BCUT2D eigenvalue weighted by atomic mass is 32.1. The third kappa shape index (κ3) is 3.96. The summed E-state index contributed by atoms with van der Waals surface area (Å²) in [4.78, 5) is 33.8. The summed E-state index contributed by atoms with van der Waals surface area (Å²) in [6, 6.07) is 4.14. The van der Waals surface area contributed by atoms with E-state index in [0.717, 1.165) is 38.1 Å². The van der Waals surface area contributed by atoms with Gasteiger partial charge in [0.1, 0.15) is 11.4 Å². The van der Waals surface area contributed by atoms with Crippen LogP contribution in [-0.4, -0.2) is 41.2 Å². The fourth-order valence-electron chi connectivity index (χ4n) is 4.33. The van der Waals surface area contributed by atoms with Crippen molar-refractivity contribution in [1.29, 1.82) is 0 Å². The molecule has 146 valence electrons. The molecule has 0 unspecified atom stereocenters. The molecule has 2 fully saturated rings. The van der Waals surface area contributed by atoms with E-state index >= 15 is 0 Å². The van der Waals surface area contributed by atoms with E-state index < -0.39 is 5.54 Å². The summed E-state index contributed by atoms with van der Waals surface area (Å²) in [5.74, 6) is 1.99. The number of hydrogen-bond acceptors (Lipinski definition) is 4. The van der Waals surface area contributed by atoms with Crippen molar-refractivity contribution in [2.24, 2.45) is 16.8 Å². The average molecular weight is 388 g/mol. The van der Waals surface area contributed by atoms with Gasteiger partial charge < -0.3 is 5.32 Å². The van der Waals surface area contributed by atoms with Gasteiger partial charge in [0.05, 0.1) is 0 Å². The highest BCUT2D eigenvalue weighted by Gasteiger charge is 2.50. The van der Waals surface area contributed by atoms with E-state index in [2.05, 4.69) is 23.7 Å². The first-order valence-electron chi connectivity index (χ1n) is 10.3. The Hall–Kier alpha value is -1.69. The summed E-state index contributed by atoms with van der Waals surface area (Å²) in [5, 5.41) is 5.14. The van der Waals surface area contributed by atoms with E-state index in [0.29, 0.717) is 25.3 Å². The molecular formula is C21H29N3O2S. The van der Waals surface area contributed by atoms with Crippen LogP contribution < -0.4 is 5.32 Å². The zero-order valence-corrected chi connectivity index (χ0v) is 16.9. The van der Waals surface area contributed by atoms with Crippen molar-refractivity contribution in [3.05, 3.63) is 22.4 Å². The Morgan fingerprint density at radius 2 is 2.11 bits per heavy atom. The number of carbonyl (C=O) groups is 2. The summed E-state index contributed by atoms with van der Waals surface area (Å²) in [6.45, 7) is 3.62. The number of rotatable bonds is 7. The molecule has 6 heteroatoms. The van der Waals surface area contributed by atoms with Crippen LogP contribution in [0, 0.1) is 11.8 Å². The van der Waals surface area contributed by atoms with E-state index in [-0.39, 0.29) is 17.7 Å². The van der Waals surface area contributed by atoms with Gasteiger partial charge in [-0.25, -0.2) is 0 Å². The van der Waals surface area contributed by atoms with Crippen LogP contribution in [0.1, 0.15) is 56.7 Å². The Labute approximate surface area is 165 Å². The van der Waals surface area contributed by atoms with Crippen LogP contribution in [0.3, 0.4) is 0 Å². The van der Waals surface area contributed by atoms with Crippen molar-refractivity contribution >= 4 is 29.0 Å². The number of nitrogens with one attached hydrogen (secondary N) is 1. The van der Waals surface area contributed by atoms with Crippen LogP contribution in [0.5, 0.6) is 0 Å². The molecular weight excluding hydrogens is 358 g/mol. The van der Waals surface area contributed by atoms with Gasteiger partial charge >= 0.3 is 0 Å². The predicted octanol–water partition coefficient (Wildman–Crippen LogP) is 3.40. The largest absolute Gasteiger partial charge is 0.356 e. The van der Waals surface area contributed by atoms with Gasteiger partial charge in [0.25, 0.3) is 5.91 Å². The predicted molar refractivity (Wildman–Crippen MR) is 108 cm³/mol. The standard InChI is InChI=1S/C21H29N3O2S/c1-2-18-23-21(20(26)24(18)14-15-5-6-15)10-7-16(8-11-21)19(25)22-12-9-17-4-3-13-27-17/h3-4,13,15-16H,2,5-12,14H2,1H3,(H,22,25). The molecule has 1 spiro atoms. The number of hydrogen-bond donors (Lipinski definition) is 1. The molecule has 0 aromatic carbocycles. The molecule has 2 heterocycles. The highest BCUT2D eigenvalue weighted by Crippen LogP contribution is 2.41. The Bertz CT molecular complexity index is 716. The van der Waals surface area contributed by atoms with Crippen molar-refractivity contribution in [2.75, 3.05) is 13.1 Å². The normalized spacial score (nSPS) is 27.9. The minimum atomic E-state index is -0.575. The summed E-state index contributed by atoms with van der Waals surface area (Å²) in [6.07, 6.45) is 7.11. The summed E-state index contributed by atoms with van der Waals surface area (Å²) < 4.78 is 0. The lowest BCUT2D eigenvalue weighted by atomic mass is 9.76. The van der Waals surface area contributed by atoms with Gasteiger partial charge in [-0.2, -0.15) is 0 Å². The second kappa shape index (κ2) is 7.74. The molecule has 4 rings (SSSR count). The summed E-state index contributed by atoms with van der Waals surface area (Å²) >= 11 is 1.73. The number of amides is 2. The van der Waals surface area contributed by atoms with E-state index in [4.69, 9.17) is 4.99 Å². The Morgan fingerprint density at radius 1 is 1.33 bits per heavy atom. The number of aliphatic imine (C=N–C) groups is 1. The van der Waals surface area contributed by atoms with Gasteiger partial charge in [0.2, 0.25) is 5.91 Å². The molecule has 5 nitrogen and oxygen atoms in total. The number of nitrogens with zero attached hydrogens (tertiary/aromatic N) is 2. The fourth-order valence-corrected chi connectivity index (χ4v) is 5.04. The van der Waals surface area contributed by atoms with Gasteiger partial charge in [-0.15, -0.1) is 11.3 Å². The molecule has 2 saturated carbocycles. The smallest absolute Gasteiger partial charge is 0.255 e. The summed E-state index contributed by atoms with van der Waals surface area (Å²) in [7, 11) is 0. The van der Waals surface area contributed by atoms with Crippen LogP contribution in [0.15, 0.2) is 22.5 Å². The van der Waals surface area contributed by atoms with E-state index in [1.807, 2.05) is 11.0 Å². The van der Waals surface area contributed by atoms with E-state index in [9.17, 15) is 9.59 Å². The lowest BCUT2D eigenvalue weighted by Gasteiger charge is -2.33. The van der Waals surface area contributed by atoms with Gasteiger partial charge in [0, 0.05) is 30.3 Å². The minimum absolute atomic E-state index is 0.0181. The fraction of sp³-hybridized carbons (Fsp3) is 0.667. The van der Waals surface area contributed by atoms with Gasteiger partial charge in [-0.1, -0.05) is 13.0 Å². The quantitative estimate of drug-likeness (QED) is 0.779. The highest BCUT2D eigenvalue weighted by molar-refractivity contribution is 7.09. The molecule has 2 amide bonds.